The smallest absolute Gasteiger partial charge is 0.316 e. The second-order valence-corrected chi connectivity index (χ2v) is 4.30. The Labute approximate surface area is 108 Å². The molecule has 0 N–H and O–H groups in total. The van der Waals surface area contributed by atoms with Crippen LogP contribution in [0.1, 0.15) is 43.0 Å². The van der Waals surface area contributed by atoms with Crippen LogP contribution in [0.3, 0.4) is 0 Å². The summed E-state index contributed by atoms with van der Waals surface area (Å²) in [6.07, 6.45) is 3.52. The molecule has 0 amide bonds. The van der Waals surface area contributed by atoms with Crippen LogP contribution in [0.4, 0.5) is 0 Å². The molecule has 0 aliphatic rings. The van der Waals surface area contributed by atoms with E-state index < -0.39 is 11.9 Å². The number of ketones is 1. The molecule has 1 unspecified atom stereocenters. The molecule has 0 aliphatic heterocycles. The van der Waals surface area contributed by atoms with Crippen LogP contribution in [0.15, 0.2) is 30.3 Å². The Hall–Kier alpha value is -1.64. The summed E-state index contributed by atoms with van der Waals surface area (Å²) in [5.41, 5.74) is 0.574. The Morgan fingerprint density at radius 1 is 1.17 bits per heavy atom. The molecule has 0 heterocycles. The summed E-state index contributed by atoms with van der Waals surface area (Å²) in [6, 6.07) is 8.92. The number of rotatable bonds is 7. The van der Waals surface area contributed by atoms with Gasteiger partial charge in [-0.15, -0.1) is 0 Å². The molecule has 0 saturated heterocycles. The molecular formula is C15H20O3. The van der Waals surface area contributed by atoms with Crippen LogP contribution in [0.25, 0.3) is 0 Å². The van der Waals surface area contributed by atoms with Gasteiger partial charge >= 0.3 is 5.97 Å². The number of hydrogen-bond acceptors (Lipinski definition) is 3. The standard InChI is InChI=1S/C15H20O3/c1-3-4-6-11-13(15(17)18-2)14(16)12-9-7-5-8-10-12/h5,7-10,13H,3-4,6,11H2,1-2H3. The summed E-state index contributed by atoms with van der Waals surface area (Å²) in [4.78, 5) is 23.9. The highest BCUT2D eigenvalue weighted by molar-refractivity contribution is 6.08. The molecule has 18 heavy (non-hydrogen) atoms. The van der Waals surface area contributed by atoms with Crippen molar-refractivity contribution >= 4 is 11.8 Å². The van der Waals surface area contributed by atoms with Gasteiger partial charge < -0.3 is 4.74 Å². The van der Waals surface area contributed by atoms with E-state index in [0.717, 1.165) is 19.3 Å². The number of Topliss-reactive ketones (excluding diaryl/α,β-unsaturated/α-hetero) is 1. The second-order valence-electron chi connectivity index (χ2n) is 4.30. The molecule has 0 radical (unpaired) electrons. The van der Waals surface area contributed by atoms with Gasteiger partial charge in [-0.05, 0) is 6.42 Å². The van der Waals surface area contributed by atoms with Crippen LogP contribution in [0.5, 0.6) is 0 Å². The van der Waals surface area contributed by atoms with Gasteiger partial charge in [-0.3, -0.25) is 9.59 Å². The Morgan fingerprint density at radius 2 is 1.83 bits per heavy atom. The minimum absolute atomic E-state index is 0.140. The van der Waals surface area contributed by atoms with Gasteiger partial charge in [0.1, 0.15) is 5.92 Å². The van der Waals surface area contributed by atoms with Gasteiger partial charge in [0, 0.05) is 5.56 Å². The fourth-order valence-electron chi connectivity index (χ4n) is 1.90. The van der Waals surface area contributed by atoms with E-state index in [9.17, 15) is 9.59 Å². The third kappa shape index (κ3) is 3.99. The lowest BCUT2D eigenvalue weighted by molar-refractivity contribution is -0.143. The summed E-state index contributed by atoms with van der Waals surface area (Å²) < 4.78 is 4.73. The van der Waals surface area contributed by atoms with Crippen molar-refractivity contribution in [2.45, 2.75) is 32.6 Å². The van der Waals surface area contributed by atoms with Gasteiger partial charge in [-0.1, -0.05) is 56.5 Å². The van der Waals surface area contributed by atoms with Crippen molar-refractivity contribution in [3.8, 4) is 0 Å². The van der Waals surface area contributed by atoms with E-state index in [1.54, 1.807) is 24.3 Å². The second kappa shape index (κ2) is 7.64. The van der Waals surface area contributed by atoms with E-state index in [4.69, 9.17) is 4.74 Å². The minimum atomic E-state index is -0.663. The predicted octanol–water partition coefficient (Wildman–Crippen LogP) is 3.24. The zero-order chi connectivity index (χ0) is 13.4. The van der Waals surface area contributed by atoms with Crippen LogP contribution >= 0.6 is 0 Å². The maximum atomic E-state index is 12.2. The molecular weight excluding hydrogens is 228 g/mol. The summed E-state index contributed by atoms with van der Waals surface area (Å²) in [5, 5.41) is 0. The van der Waals surface area contributed by atoms with Crippen LogP contribution < -0.4 is 0 Å². The molecule has 3 heteroatoms. The van der Waals surface area contributed by atoms with Crippen LogP contribution in [0, 0.1) is 5.92 Å². The lowest BCUT2D eigenvalue weighted by atomic mass is 9.92. The van der Waals surface area contributed by atoms with Gasteiger partial charge in [0.05, 0.1) is 7.11 Å². The van der Waals surface area contributed by atoms with Crippen LogP contribution in [-0.2, 0) is 9.53 Å². The first-order chi connectivity index (χ1) is 8.70. The van der Waals surface area contributed by atoms with E-state index in [1.807, 2.05) is 6.07 Å². The van der Waals surface area contributed by atoms with Crippen LogP contribution in [-0.4, -0.2) is 18.9 Å². The first-order valence-electron chi connectivity index (χ1n) is 6.37. The molecule has 0 bridgehead atoms. The van der Waals surface area contributed by atoms with E-state index in [2.05, 4.69) is 6.92 Å². The lowest BCUT2D eigenvalue weighted by Gasteiger charge is -2.13. The number of ether oxygens (including phenoxy) is 1. The first kappa shape index (κ1) is 14.4. The number of methoxy groups -OCH3 is 1. The van der Waals surface area contributed by atoms with Gasteiger partial charge in [-0.2, -0.15) is 0 Å². The molecule has 3 nitrogen and oxygen atoms in total. The lowest BCUT2D eigenvalue weighted by Crippen LogP contribution is -2.25. The van der Waals surface area contributed by atoms with Crippen molar-refractivity contribution in [1.82, 2.24) is 0 Å². The molecule has 1 atom stereocenters. The minimum Gasteiger partial charge on any atom is -0.468 e. The number of carbonyl (C=O) groups excluding carboxylic acids is 2. The number of unbranched alkanes of at least 4 members (excludes halogenated alkanes) is 2. The highest BCUT2D eigenvalue weighted by atomic mass is 16.5. The number of esters is 1. The van der Waals surface area contributed by atoms with Crippen molar-refractivity contribution < 1.29 is 14.3 Å². The third-order valence-electron chi connectivity index (χ3n) is 2.96. The van der Waals surface area contributed by atoms with Gasteiger partial charge in [0.25, 0.3) is 0 Å². The fraction of sp³-hybridized carbons (Fsp3) is 0.467. The Balaban J connectivity index is 2.76. The average Bonchev–Trinajstić information content (AvgIpc) is 2.43. The molecule has 1 rings (SSSR count). The Bertz CT molecular complexity index is 384. The maximum Gasteiger partial charge on any atom is 0.316 e. The molecule has 1 aromatic rings. The van der Waals surface area contributed by atoms with Gasteiger partial charge in [0.2, 0.25) is 0 Å². The van der Waals surface area contributed by atoms with Crippen molar-refractivity contribution in [2.75, 3.05) is 7.11 Å². The number of benzene rings is 1. The zero-order valence-electron chi connectivity index (χ0n) is 11.0. The van der Waals surface area contributed by atoms with E-state index in [-0.39, 0.29) is 5.78 Å². The molecule has 0 fully saturated rings. The SMILES string of the molecule is CCCCCC(C(=O)OC)C(=O)c1ccccc1. The fourth-order valence-corrected chi connectivity index (χ4v) is 1.90. The molecule has 1 aromatic carbocycles. The quantitative estimate of drug-likeness (QED) is 0.322. The van der Waals surface area contributed by atoms with Gasteiger partial charge in [0.15, 0.2) is 5.78 Å². The highest BCUT2D eigenvalue weighted by Gasteiger charge is 2.27. The van der Waals surface area contributed by atoms with Crippen molar-refractivity contribution in [3.63, 3.8) is 0 Å². The van der Waals surface area contributed by atoms with E-state index in [0.29, 0.717) is 12.0 Å². The Morgan fingerprint density at radius 3 is 2.39 bits per heavy atom. The summed E-state index contributed by atoms with van der Waals surface area (Å²) in [6.45, 7) is 2.09. The average molecular weight is 248 g/mol. The van der Waals surface area contributed by atoms with Crippen LogP contribution in [0.2, 0.25) is 0 Å². The molecule has 98 valence electrons. The summed E-state index contributed by atoms with van der Waals surface area (Å²) in [7, 11) is 1.33. The molecule has 0 saturated carbocycles. The zero-order valence-corrected chi connectivity index (χ0v) is 11.0. The molecule has 0 spiro atoms. The molecule has 0 aliphatic carbocycles. The largest absolute Gasteiger partial charge is 0.468 e. The topological polar surface area (TPSA) is 43.4 Å². The Kier molecular flexibility index (Phi) is 6.12. The first-order valence-corrected chi connectivity index (χ1v) is 6.37. The molecule has 0 aromatic heterocycles. The summed E-state index contributed by atoms with van der Waals surface area (Å²) in [5.74, 6) is -1.23. The van der Waals surface area contributed by atoms with Gasteiger partial charge in [-0.25, -0.2) is 0 Å². The number of carbonyl (C=O) groups is 2. The highest BCUT2D eigenvalue weighted by Crippen LogP contribution is 2.17. The van der Waals surface area contributed by atoms with Crippen molar-refractivity contribution in [2.24, 2.45) is 5.92 Å². The number of hydrogen-bond donors (Lipinski definition) is 0. The van der Waals surface area contributed by atoms with E-state index >= 15 is 0 Å². The summed E-state index contributed by atoms with van der Waals surface area (Å²) >= 11 is 0. The third-order valence-corrected chi connectivity index (χ3v) is 2.96. The van der Waals surface area contributed by atoms with E-state index in [1.165, 1.54) is 7.11 Å². The van der Waals surface area contributed by atoms with Crippen molar-refractivity contribution in [3.05, 3.63) is 35.9 Å². The maximum absolute atomic E-state index is 12.2. The normalized spacial score (nSPS) is 11.9. The van der Waals surface area contributed by atoms with Crippen molar-refractivity contribution in [1.29, 1.82) is 0 Å². The monoisotopic (exact) mass is 248 g/mol. The predicted molar refractivity (Wildman–Crippen MR) is 70.4 cm³/mol.